The van der Waals surface area contributed by atoms with Crippen LogP contribution in [0.15, 0.2) is 49.9 Å². The van der Waals surface area contributed by atoms with Gasteiger partial charge in [0.15, 0.2) is 12.2 Å². The zero-order valence-corrected chi connectivity index (χ0v) is 12.7. The lowest BCUT2D eigenvalue weighted by atomic mass is 9.91. The van der Waals surface area contributed by atoms with Crippen LogP contribution < -0.4 is 10.4 Å². The molecule has 23 heavy (non-hydrogen) atoms. The number of rotatable bonds is 3. The largest absolute Gasteiger partial charge is 0.483 e. The van der Waals surface area contributed by atoms with Crippen LogP contribution in [-0.4, -0.2) is 13.0 Å². The summed E-state index contributed by atoms with van der Waals surface area (Å²) in [7, 11) is 0. The number of aliphatic imine (C=N–C) groups is 1. The Hall–Kier alpha value is -3.07. The van der Waals surface area contributed by atoms with E-state index in [1.807, 2.05) is 13.0 Å². The lowest BCUT2D eigenvalue weighted by molar-refractivity contribution is 0.335. The van der Waals surface area contributed by atoms with Gasteiger partial charge < -0.3 is 13.9 Å². The van der Waals surface area contributed by atoms with Gasteiger partial charge in [0, 0.05) is 5.92 Å². The number of para-hydroxylation sites is 1. The van der Waals surface area contributed by atoms with Crippen LogP contribution in [0.1, 0.15) is 25.3 Å². The maximum absolute atomic E-state index is 12.3. The lowest BCUT2D eigenvalue weighted by Gasteiger charge is -2.22. The van der Waals surface area contributed by atoms with Crippen molar-refractivity contribution < 1.29 is 13.9 Å². The van der Waals surface area contributed by atoms with Crippen molar-refractivity contribution in [1.29, 1.82) is 5.26 Å². The Labute approximate surface area is 132 Å². The number of nitrogens with zero attached hydrogens (tertiary/aromatic N) is 2. The molecule has 1 aromatic carbocycles. The Morgan fingerprint density at radius 3 is 2.96 bits per heavy atom. The molecule has 0 fully saturated rings. The Morgan fingerprint density at radius 2 is 2.22 bits per heavy atom. The van der Waals surface area contributed by atoms with Gasteiger partial charge >= 0.3 is 5.63 Å². The lowest BCUT2D eigenvalue weighted by Crippen LogP contribution is -2.20. The van der Waals surface area contributed by atoms with E-state index < -0.39 is 11.5 Å². The molecule has 1 aliphatic rings. The van der Waals surface area contributed by atoms with Crippen LogP contribution in [0.5, 0.6) is 5.75 Å². The highest BCUT2D eigenvalue weighted by atomic mass is 16.5. The molecule has 0 N–H and O–H groups in total. The minimum absolute atomic E-state index is 0.136. The number of allylic oxidation sites excluding steroid dienone is 1. The molecule has 1 aliphatic heterocycles. The maximum atomic E-state index is 12.3. The van der Waals surface area contributed by atoms with Crippen molar-refractivity contribution in [2.75, 3.05) is 6.61 Å². The van der Waals surface area contributed by atoms with Gasteiger partial charge in [0.1, 0.15) is 11.7 Å². The van der Waals surface area contributed by atoms with Crippen LogP contribution in [0.2, 0.25) is 0 Å². The highest BCUT2D eigenvalue weighted by Crippen LogP contribution is 2.41. The monoisotopic (exact) mass is 310 g/mol. The fraction of sp³-hybridized carbons (Fsp3) is 0.235. The summed E-state index contributed by atoms with van der Waals surface area (Å²) in [5, 5.41) is 10.0. The molecule has 0 amide bonds. The molecule has 2 heterocycles. The van der Waals surface area contributed by atoms with E-state index in [0.29, 0.717) is 28.9 Å². The number of ether oxygens (including phenoxy) is 2. The summed E-state index contributed by atoms with van der Waals surface area (Å²) >= 11 is 0. The van der Waals surface area contributed by atoms with Crippen LogP contribution in [0.3, 0.4) is 0 Å². The van der Waals surface area contributed by atoms with E-state index >= 15 is 0 Å². The fourth-order valence-corrected chi connectivity index (χ4v) is 2.50. The molecule has 0 spiro atoms. The molecular formula is C17H14N2O4. The van der Waals surface area contributed by atoms with Crippen molar-refractivity contribution in [2.45, 2.75) is 19.8 Å². The molecule has 1 unspecified atom stereocenters. The van der Waals surface area contributed by atoms with E-state index in [0.717, 1.165) is 0 Å². The van der Waals surface area contributed by atoms with Gasteiger partial charge in [-0.3, -0.25) is 0 Å². The van der Waals surface area contributed by atoms with E-state index in [9.17, 15) is 10.1 Å². The predicted octanol–water partition coefficient (Wildman–Crippen LogP) is 3.09. The molecule has 0 bridgehead atoms. The molecule has 1 aromatic heterocycles. The summed E-state index contributed by atoms with van der Waals surface area (Å²) < 4.78 is 16.2. The van der Waals surface area contributed by atoms with Gasteiger partial charge in [-0.2, -0.15) is 10.3 Å². The Kier molecular flexibility index (Phi) is 3.85. The van der Waals surface area contributed by atoms with Crippen molar-refractivity contribution in [3.8, 4) is 11.8 Å². The Balaban J connectivity index is 2.22. The number of nitriles is 1. The maximum Gasteiger partial charge on any atom is 0.343 e. The number of benzene rings is 1. The summed E-state index contributed by atoms with van der Waals surface area (Å²) in [6.07, 6.45) is 1.23. The molecular weight excluding hydrogens is 296 g/mol. The molecule has 0 saturated carbocycles. The molecule has 6 nitrogen and oxygen atoms in total. The number of hydrogen-bond acceptors (Lipinski definition) is 6. The Morgan fingerprint density at radius 1 is 1.43 bits per heavy atom. The summed E-state index contributed by atoms with van der Waals surface area (Å²) in [4.78, 5) is 16.3. The summed E-state index contributed by atoms with van der Waals surface area (Å²) in [5.41, 5.74) is 0.510. The first-order chi connectivity index (χ1) is 11.2. The van der Waals surface area contributed by atoms with Gasteiger partial charge in [0.05, 0.1) is 23.1 Å². The van der Waals surface area contributed by atoms with E-state index in [1.165, 1.54) is 6.40 Å². The Bertz CT molecular complexity index is 918. The van der Waals surface area contributed by atoms with Gasteiger partial charge in [-0.25, -0.2) is 4.79 Å². The smallest absolute Gasteiger partial charge is 0.343 e. The van der Waals surface area contributed by atoms with Crippen molar-refractivity contribution in [2.24, 2.45) is 4.99 Å². The first-order valence-electron chi connectivity index (χ1n) is 7.19. The van der Waals surface area contributed by atoms with Crippen LogP contribution in [0, 0.1) is 11.3 Å². The standard InChI is InChI=1S/C17H14N2O4/c1-3-21-9-19-16-12(8-18)10(2)14-15(23-16)11-6-4-5-7-13(11)22-17(14)20/h4-7,9-10H,3H2,1-2H3. The zero-order chi connectivity index (χ0) is 16.4. The van der Waals surface area contributed by atoms with Crippen molar-refractivity contribution in [1.82, 2.24) is 0 Å². The van der Waals surface area contributed by atoms with Crippen molar-refractivity contribution in [3.05, 3.63) is 51.7 Å². The topological polar surface area (TPSA) is 84.8 Å². The first kappa shape index (κ1) is 14.9. The third-order valence-electron chi connectivity index (χ3n) is 3.63. The van der Waals surface area contributed by atoms with Gasteiger partial charge in [0.2, 0.25) is 5.88 Å². The summed E-state index contributed by atoms with van der Waals surface area (Å²) in [6, 6.07) is 9.14. The fourth-order valence-electron chi connectivity index (χ4n) is 2.50. The average molecular weight is 310 g/mol. The van der Waals surface area contributed by atoms with Crippen molar-refractivity contribution >= 4 is 17.4 Å². The van der Waals surface area contributed by atoms with Crippen LogP contribution in [0.25, 0.3) is 11.0 Å². The second-order valence-electron chi connectivity index (χ2n) is 4.97. The molecule has 0 saturated heterocycles. The van der Waals surface area contributed by atoms with E-state index in [4.69, 9.17) is 13.9 Å². The molecule has 1 atom stereocenters. The number of hydrogen-bond donors (Lipinski definition) is 0. The molecule has 0 radical (unpaired) electrons. The van der Waals surface area contributed by atoms with Gasteiger partial charge in [-0.1, -0.05) is 19.1 Å². The quantitative estimate of drug-likeness (QED) is 0.494. The minimum atomic E-state index is -0.508. The highest BCUT2D eigenvalue weighted by molar-refractivity contribution is 5.85. The van der Waals surface area contributed by atoms with Crippen LogP contribution in [-0.2, 0) is 4.74 Å². The van der Waals surface area contributed by atoms with Crippen LogP contribution in [0.4, 0.5) is 0 Å². The second-order valence-corrected chi connectivity index (χ2v) is 4.97. The van der Waals surface area contributed by atoms with Gasteiger partial charge in [-0.05, 0) is 19.1 Å². The average Bonchev–Trinajstić information content (AvgIpc) is 2.55. The number of fused-ring (bicyclic) bond motifs is 3. The normalized spacial score (nSPS) is 17.0. The molecule has 3 rings (SSSR count). The third-order valence-corrected chi connectivity index (χ3v) is 3.63. The summed E-state index contributed by atoms with van der Waals surface area (Å²) in [6.45, 7) is 4.03. The molecule has 116 valence electrons. The highest BCUT2D eigenvalue weighted by Gasteiger charge is 2.32. The SMILES string of the molecule is CCOC=NC1=C(C#N)C(C)c2c(c3ccccc3oc2=O)O1. The second kappa shape index (κ2) is 5.97. The van der Waals surface area contributed by atoms with Crippen molar-refractivity contribution in [3.63, 3.8) is 0 Å². The summed E-state index contributed by atoms with van der Waals surface area (Å²) in [5.74, 6) is 0.0436. The van der Waals surface area contributed by atoms with Crippen LogP contribution >= 0.6 is 0 Å². The molecule has 0 aliphatic carbocycles. The first-order valence-corrected chi connectivity index (χ1v) is 7.19. The van der Waals surface area contributed by atoms with Gasteiger partial charge in [0.25, 0.3) is 0 Å². The van der Waals surface area contributed by atoms with E-state index in [2.05, 4.69) is 11.1 Å². The van der Waals surface area contributed by atoms with E-state index in [1.54, 1.807) is 25.1 Å². The van der Waals surface area contributed by atoms with Gasteiger partial charge in [-0.15, -0.1) is 0 Å². The third kappa shape index (κ3) is 2.46. The minimum Gasteiger partial charge on any atom is -0.483 e. The molecule has 2 aromatic rings. The van der Waals surface area contributed by atoms with E-state index in [-0.39, 0.29) is 11.5 Å². The molecule has 6 heteroatoms. The predicted molar refractivity (Wildman–Crippen MR) is 84.3 cm³/mol. The zero-order valence-electron chi connectivity index (χ0n) is 12.7.